The van der Waals surface area contributed by atoms with Crippen LogP contribution in [0.2, 0.25) is 0 Å². The van der Waals surface area contributed by atoms with Gasteiger partial charge in [0.05, 0.1) is 7.11 Å². The molecule has 25 heavy (non-hydrogen) atoms. The maximum Gasteiger partial charge on any atom is 0.321 e. The van der Waals surface area contributed by atoms with E-state index in [2.05, 4.69) is 17.6 Å². The lowest BCUT2D eigenvalue weighted by Gasteiger charge is -2.31. The number of hydrogen-bond acceptors (Lipinski definition) is 4. The highest BCUT2D eigenvalue weighted by molar-refractivity contribution is 5.89. The Hall–Kier alpha value is -2.73. The summed E-state index contributed by atoms with van der Waals surface area (Å²) in [5.74, 6) is 2.22. The predicted molar refractivity (Wildman–Crippen MR) is 97.6 cm³/mol. The van der Waals surface area contributed by atoms with E-state index in [1.54, 1.807) is 7.11 Å². The first-order valence-corrected chi connectivity index (χ1v) is 8.35. The first-order valence-electron chi connectivity index (χ1n) is 8.35. The average molecular weight is 341 g/mol. The molecule has 2 aromatic carbocycles. The minimum Gasteiger partial charge on any atom is -0.497 e. The quantitative estimate of drug-likeness (QED) is 0.895. The molecule has 2 N–H and O–H groups in total. The van der Waals surface area contributed by atoms with Gasteiger partial charge in [0.2, 0.25) is 0 Å². The molecule has 1 saturated heterocycles. The van der Waals surface area contributed by atoms with Crippen LogP contribution in [0, 0.1) is 0 Å². The fraction of sp³-hybridized carbons (Fsp3) is 0.316. The number of amides is 2. The Labute approximate surface area is 147 Å². The van der Waals surface area contributed by atoms with Crippen molar-refractivity contribution in [1.29, 1.82) is 0 Å². The Bertz CT molecular complexity index is 701. The summed E-state index contributed by atoms with van der Waals surface area (Å²) in [4.78, 5) is 14.1. The Morgan fingerprint density at radius 2 is 1.68 bits per heavy atom. The number of carbonyl (C=O) groups is 1. The summed E-state index contributed by atoms with van der Waals surface area (Å²) in [5.41, 5.74) is 0.748. The molecule has 132 valence electrons. The molecular weight excluding hydrogens is 318 g/mol. The van der Waals surface area contributed by atoms with Crippen molar-refractivity contribution in [3.63, 3.8) is 0 Å². The number of hydrogen-bond donors (Lipinski definition) is 2. The molecule has 6 nitrogen and oxygen atoms in total. The van der Waals surface area contributed by atoms with Crippen molar-refractivity contribution < 1.29 is 14.3 Å². The number of nitrogens with zero attached hydrogens (tertiary/aromatic N) is 1. The summed E-state index contributed by atoms with van der Waals surface area (Å²) in [7, 11) is 1.63. The number of piperazine rings is 1. The van der Waals surface area contributed by atoms with E-state index in [0.717, 1.165) is 30.3 Å². The summed E-state index contributed by atoms with van der Waals surface area (Å²) in [5, 5.41) is 6.25. The molecule has 0 spiro atoms. The maximum absolute atomic E-state index is 12.3. The lowest BCUT2D eigenvalue weighted by molar-refractivity contribution is 0.192. The van der Waals surface area contributed by atoms with Gasteiger partial charge >= 0.3 is 6.03 Å². The van der Waals surface area contributed by atoms with Crippen LogP contribution in [0.4, 0.5) is 10.5 Å². The number of rotatable bonds is 4. The molecule has 1 unspecified atom stereocenters. The average Bonchev–Trinajstić information content (AvgIpc) is 2.64. The molecule has 1 fully saturated rings. The normalized spacial score (nSPS) is 17.0. The first kappa shape index (κ1) is 17.1. The highest BCUT2D eigenvalue weighted by Crippen LogP contribution is 2.25. The number of urea groups is 1. The number of methoxy groups -OCH3 is 1. The summed E-state index contributed by atoms with van der Waals surface area (Å²) >= 11 is 0. The summed E-state index contributed by atoms with van der Waals surface area (Å²) in [6.07, 6.45) is 0. The standard InChI is InChI=1S/C19H23N3O3/c1-14-13-22(12-11-20-14)19(23)21-15-3-5-17(6-4-15)25-18-9-7-16(24-2)8-10-18/h3-10,14,20H,11-13H2,1-2H3,(H,21,23). The van der Waals surface area contributed by atoms with Gasteiger partial charge in [-0.1, -0.05) is 0 Å². The summed E-state index contributed by atoms with van der Waals surface area (Å²) in [6.45, 7) is 4.33. The molecule has 1 aliphatic heterocycles. The zero-order valence-corrected chi connectivity index (χ0v) is 14.5. The van der Waals surface area contributed by atoms with Gasteiger partial charge in [0.25, 0.3) is 0 Å². The van der Waals surface area contributed by atoms with E-state index >= 15 is 0 Å². The number of benzene rings is 2. The Morgan fingerprint density at radius 1 is 1.08 bits per heavy atom. The highest BCUT2D eigenvalue weighted by atomic mass is 16.5. The molecular formula is C19H23N3O3. The van der Waals surface area contributed by atoms with Gasteiger partial charge in [-0.3, -0.25) is 0 Å². The van der Waals surface area contributed by atoms with Crippen molar-refractivity contribution in [3.05, 3.63) is 48.5 Å². The van der Waals surface area contributed by atoms with Gasteiger partial charge in [-0.15, -0.1) is 0 Å². The van der Waals surface area contributed by atoms with Crippen molar-refractivity contribution in [3.8, 4) is 17.2 Å². The van der Waals surface area contributed by atoms with E-state index in [4.69, 9.17) is 9.47 Å². The topological polar surface area (TPSA) is 62.8 Å². The van der Waals surface area contributed by atoms with Gasteiger partial charge in [-0.05, 0) is 55.5 Å². The van der Waals surface area contributed by atoms with Crippen LogP contribution in [0.5, 0.6) is 17.2 Å². The van der Waals surface area contributed by atoms with Crippen molar-refractivity contribution >= 4 is 11.7 Å². The van der Waals surface area contributed by atoms with Crippen molar-refractivity contribution in [1.82, 2.24) is 10.2 Å². The Balaban J connectivity index is 1.57. The second kappa shape index (κ2) is 7.90. The molecule has 6 heteroatoms. The van der Waals surface area contributed by atoms with Gasteiger partial charge in [0.1, 0.15) is 17.2 Å². The molecule has 2 amide bonds. The molecule has 0 bridgehead atoms. The van der Waals surface area contributed by atoms with Crippen LogP contribution < -0.4 is 20.1 Å². The minimum absolute atomic E-state index is 0.0721. The van der Waals surface area contributed by atoms with Crippen LogP contribution >= 0.6 is 0 Å². The molecule has 1 atom stereocenters. The third-order valence-electron chi connectivity index (χ3n) is 4.06. The van der Waals surface area contributed by atoms with Crippen LogP contribution in [-0.4, -0.2) is 43.7 Å². The zero-order chi connectivity index (χ0) is 17.6. The number of carbonyl (C=O) groups excluding carboxylic acids is 1. The lowest BCUT2D eigenvalue weighted by atomic mass is 10.2. The monoisotopic (exact) mass is 341 g/mol. The second-order valence-electron chi connectivity index (χ2n) is 6.03. The van der Waals surface area contributed by atoms with Crippen LogP contribution in [0.3, 0.4) is 0 Å². The molecule has 1 aliphatic rings. The van der Waals surface area contributed by atoms with E-state index in [1.165, 1.54) is 0 Å². The first-order chi connectivity index (χ1) is 12.1. The molecule has 0 radical (unpaired) electrons. The van der Waals surface area contributed by atoms with E-state index in [-0.39, 0.29) is 6.03 Å². The van der Waals surface area contributed by atoms with Gasteiger partial charge in [-0.25, -0.2) is 4.79 Å². The lowest BCUT2D eigenvalue weighted by Crippen LogP contribution is -2.52. The Kier molecular flexibility index (Phi) is 5.40. The van der Waals surface area contributed by atoms with E-state index in [0.29, 0.717) is 18.3 Å². The van der Waals surface area contributed by atoms with E-state index in [9.17, 15) is 4.79 Å². The SMILES string of the molecule is COc1ccc(Oc2ccc(NC(=O)N3CCNC(C)C3)cc2)cc1. The molecule has 0 aliphatic carbocycles. The molecule has 2 aromatic rings. The third kappa shape index (κ3) is 4.64. The van der Waals surface area contributed by atoms with E-state index < -0.39 is 0 Å². The Morgan fingerprint density at radius 3 is 2.28 bits per heavy atom. The molecule has 0 aromatic heterocycles. The highest BCUT2D eigenvalue weighted by Gasteiger charge is 2.20. The van der Waals surface area contributed by atoms with Crippen molar-refractivity contribution in [2.75, 3.05) is 32.1 Å². The van der Waals surface area contributed by atoms with Gasteiger partial charge < -0.3 is 25.0 Å². The minimum atomic E-state index is -0.0721. The fourth-order valence-corrected chi connectivity index (χ4v) is 2.71. The van der Waals surface area contributed by atoms with Crippen LogP contribution in [0.1, 0.15) is 6.92 Å². The molecule has 0 saturated carbocycles. The number of ether oxygens (including phenoxy) is 2. The van der Waals surface area contributed by atoms with Crippen molar-refractivity contribution in [2.24, 2.45) is 0 Å². The van der Waals surface area contributed by atoms with Gasteiger partial charge in [-0.2, -0.15) is 0 Å². The van der Waals surface area contributed by atoms with Crippen molar-refractivity contribution in [2.45, 2.75) is 13.0 Å². The van der Waals surface area contributed by atoms with Crippen LogP contribution in [-0.2, 0) is 0 Å². The van der Waals surface area contributed by atoms with Crippen LogP contribution in [0.15, 0.2) is 48.5 Å². The van der Waals surface area contributed by atoms with Gasteiger partial charge in [0, 0.05) is 31.4 Å². The number of anilines is 1. The summed E-state index contributed by atoms with van der Waals surface area (Å²) in [6, 6.07) is 15.0. The van der Waals surface area contributed by atoms with E-state index in [1.807, 2.05) is 53.4 Å². The smallest absolute Gasteiger partial charge is 0.321 e. The van der Waals surface area contributed by atoms with Crippen LogP contribution in [0.25, 0.3) is 0 Å². The maximum atomic E-state index is 12.3. The van der Waals surface area contributed by atoms with Gasteiger partial charge in [0.15, 0.2) is 0 Å². The molecule has 3 rings (SSSR count). The second-order valence-corrected chi connectivity index (χ2v) is 6.03. The zero-order valence-electron chi connectivity index (χ0n) is 14.5. The third-order valence-corrected chi connectivity index (χ3v) is 4.06. The largest absolute Gasteiger partial charge is 0.497 e. The fourth-order valence-electron chi connectivity index (χ4n) is 2.71. The summed E-state index contributed by atoms with van der Waals surface area (Å²) < 4.78 is 10.9. The number of nitrogens with one attached hydrogen (secondary N) is 2. The predicted octanol–water partition coefficient (Wildman–Crippen LogP) is 3.31. The molecule has 1 heterocycles.